The van der Waals surface area contributed by atoms with Gasteiger partial charge in [0.05, 0.1) is 7.85 Å². The van der Waals surface area contributed by atoms with E-state index in [0.717, 1.165) is 36.9 Å². The number of hydrogen-bond acceptors (Lipinski definition) is 0. The number of hydrogen-bond donors (Lipinski definition) is 0. The summed E-state index contributed by atoms with van der Waals surface area (Å²) >= 11 is 0. The molecule has 0 aromatic rings. The van der Waals surface area contributed by atoms with Gasteiger partial charge >= 0.3 is 0 Å². The third kappa shape index (κ3) is 4.05. The lowest BCUT2D eigenvalue weighted by Crippen LogP contribution is -2.32. The minimum absolute atomic E-state index is 0.260. The summed E-state index contributed by atoms with van der Waals surface area (Å²) in [7, 11) is 5.82. The van der Waals surface area contributed by atoms with E-state index in [2.05, 4.69) is 19.9 Å². The van der Waals surface area contributed by atoms with Gasteiger partial charge in [0.15, 0.2) is 0 Å². The van der Waals surface area contributed by atoms with E-state index in [-0.39, 0.29) is 5.92 Å². The molecule has 2 saturated carbocycles. The molecule has 0 aromatic carbocycles. The summed E-state index contributed by atoms with van der Waals surface area (Å²) in [6.45, 7) is 4.43. The predicted molar refractivity (Wildman–Crippen MR) is 97.4 cm³/mol. The maximum absolute atomic E-state index is 14.2. The lowest BCUT2D eigenvalue weighted by molar-refractivity contribution is 0.106. The first-order chi connectivity index (χ1) is 11.1. The summed E-state index contributed by atoms with van der Waals surface area (Å²) in [6, 6.07) is 0. The molecule has 5 unspecified atom stereocenters. The predicted octanol–water partition coefficient (Wildman–Crippen LogP) is 6.13. The van der Waals surface area contributed by atoms with Crippen molar-refractivity contribution in [3.63, 3.8) is 0 Å². The van der Waals surface area contributed by atoms with Crippen LogP contribution >= 0.6 is 0 Å². The van der Waals surface area contributed by atoms with Gasteiger partial charge in [0.1, 0.15) is 6.17 Å². The largest absolute Gasteiger partial charge is 0.247 e. The van der Waals surface area contributed by atoms with Crippen molar-refractivity contribution in [1.82, 2.24) is 0 Å². The molecule has 0 bridgehead atoms. The fourth-order valence-electron chi connectivity index (χ4n) is 5.66. The van der Waals surface area contributed by atoms with Gasteiger partial charge in [-0.25, -0.2) is 4.39 Å². The zero-order chi connectivity index (χ0) is 16.4. The molecule has 2 fully saturated rings. The van der Waals surface area contributed by atoms with E-state index in [1.165, 1.54) is 44.9 Å². The highest BCUT2D eigenvalue weighted by Gasteiger charge is 2.36. The summed E-state index contributed by atoms with van der Waals surface area (Å²) in [5.41, 5.74) is 1.60. The SMILES string of the molecule is [B]CC1CCC(C2CC=C(C3CC(F)C(C)CC3C)CC2)CC1. The molecular formula is C21H34BF. The Morgan fingerprint density at radius 1 is 1.00 bits per heavy atom. The highest BCUT2D eigenvalue weighted by molar-refractivity contribution is 6.08. The number of halogens is 1. The standard InChI is InChI=1S/C21H34BF/c1-14-11-15(2)21(23)12-20(14)19-9-7-18(8-10-19)17-5-3-16(13-22)4-6-17/h9,14-18,20-21H,3-8,10-13H2,1-2H3. The summed E-state index contributed by atoms with van der Waals surface area (Å²) in [6.07, 6.45) is 14.0. The van der Waals surface area contributed by atoms with E-state index >= 15 is 0 Å². The van der Waals surface area contributed by atoms with Crippen molar-refractivity contribution >= 4 is 7.85 Å². The van der Waals surface area contributed by atoms with Crippen molar-refractivity contribution in [2.24, 2.45) is 35.5 Å². The Kier molecular flexibility index (Phi) is 5.91. The van der Waals surface area contributed by atoms with Gasteiger partial charge in [-0.15, -0.1) is 0 Å². The van der Waals surface area contributed by atoms with Gasteiger partial charge in [-0.05, 0) is 80.5 Å². The van der Waals surface area contributed by atoms with Gasteiger partial charge in [-0.1, -0.05) is 44.7 Å². The van der Waals surface area contributed by atoms with Crippen molar-refractivity contribution in [3.05, 3.63) is 11.6 Å². The normalized spacial score (nSPS) is 45.5. The van der Waals surface area contributed by atoms with Crippen molar-refractivity contribution in [2.45, 2.75) is 84.1 Å². The van der Waals surface area contributed by atoms with Gasteiger partial charge in [0, 0.05) is 0 Å². The molecule has 128 valence electrons. The first kappa shape index (κ1) is 17.6. The number of allylic oxidation sites excluding steroid dienone is 2. The van der Waals surface area contributed by atoms with Crippen molar-refractivity contribution in [1.29, 1.82) is 0 Å². The van der Waals surface area contributed by atoms with Crippen LogP contribution in [0.15, 0.2) is 11.6 Å². The number of rotatable bonds is 3. The van der Waals surface area contributed by atoms with Crippen LogP contribution in [0.2, 0.25) is 6.32 Å². The summed E-state index contributed by atoms with van der Waals surface area (Å²) in [5, 5.41) is 0. The van der Waals surface area contributed by atoms with Crippen LogP contribution in [0.5, 0.6) is 0 Å². The molecule has 0 spiro atoms. The quantitative estimate of drug-likeness (QED) is 0.434. The van der Waals surface area contributed by atoms with Crippen LogP contribution in [0.3, 0.4) is 0 Å². The van der Waals surface area contributed by atoms with E-state index in [4.69, 9.17) is 7.85 Å². The third-order valence-electron chi connectivity index (χ3n) is 7.38. The van der Waals surface area contributed by atoms with Crippen LogP contribution in [0.25, 0.3) is 0 Å². The van der Waals surface area contributed by atoms with Gasteiger partial charge in [0.25, 0.3) is 0 Å². The first-order valence-electron chi connectivity index (χ1n) is 10.1. The van der Waals surface area contributed by atoms with Crippen LogP contribution in [0.1, 0.15) is 71.6 Å². The Labute approximate surface area is 144 Å². The average molecular weight is 316 g/mol. The van der Waals surface area contributed by atoms with Gasteiger partial charge in [-0.2, -0.15) is 0 Å². The smallest absolute Gasteiger partial charge is 0.103 e. The van der Waals surface area contributed by atoms with Crippen molar-refractivity contribution in [2.75, 3.05) is 0 Å². The molecule has 0 nitrogen and oxygen atoms in total. The highest BCUT2D eigenvalue weighted by Crippen LogP contribution is 2.45. The summed E-state index contributed by atoms with van der Waals surface area (Å²) < 4.78 is 14.2. The molecule has 2 heteroatoms. The molecule has 0 N–H and O–H groups in total. The second kappa shape index (κ2) is 7.75. The minimum Gasteiger partial charge on any atom is -0.247 e. The van der Waals surface area contributed by atoms with E-state index in [0.29, 0.717) is 11.8 Å². The van der Waals surface area contributed by atoms with Crippen LogP contribution in [0.4, 0.5) is 4.39 Å². The molecular weight excluding hydrogens is 282 g/mol. The average Bonchev–Trinajstić information content (AvgIpc) is 2.58. The summed E-state index contributed by atoms with van der Waals surface area (Å²) in [4.78, 5) is 0. The van der Waals surface area contributed by atoms with Gasteiger partial charge in [0.2, 0.25) is 0 Å². The Balaban J connectivity index is 1.54. The van der Waals surface area contributed by atoms with E-state index in [9.17, 15) is 4.39 Å². The zero-order valence-electron chi connectivity index (χ0n) is 15.1. The minimum atomic E-state index is -0.582. The number of alkyl halides is 1. The Morgan fingerprint density at radius 2 is 1.74 bits per heavy atom. The lowest BCUT2D eigenvalue weighted by atomic mass is 9.66. The van der Waals surface area contributed by atoms with Crippen LogP contribution in [-0.4, -0.2) is 14.0 Å². The van der Waals surface area contributed by atoms with E-state index in [1.54, 1.807) is 5.57 Å². The molecule has 0 aliphatic heterocycles. The molecule has 3 aliphatic carbocycles. The molecule has 2 radical (unpaired) electrons. The maximum atomic E-state index is 14.2. The highest BCUT2D eigenvalue weighted by atomic mass is 19.1. The molecule has 0 aromatic heterocycles. The fourth-order valence-corrected chi connectivity index (χ4v) is 5.66. The fraction of sp³-hybridized carbons (Fsp3) is 0.905. The van der Waals surface area contributed by atoms with Gasteiger partial charge in [-0.3, -0.25) is 0 Å². The molecule has 3 aliphatic rings. The van der Waals surface area contributed by atoms with Crippen molar-refractivity contribution < 1.29 is 4.39 Å². The Hall–Kier alpha value is -0.265. The molecule has 5 atom stereocenters. The first-order valence-corrected chi connectivity index (χ1v) is 10.1. The third-order valence-corrected chi connectivity index (χ3v) is 7.38. The second-order valence-corrected chi connectivity index (χ2v) is 8.88. The van der Waals surface area contributed by atoms with Crippen LogP contribution in [-0.2, 0) is 0 Å². The molecule has 0 saturated heterocycles. The molecule has 0 heterocycles. The molecule has 23 heavy (non-hydrogen) atoms. The monoisotopic (exact) mass is 316 g/mol. The van der Waals surface area contributed by atoms with E-state index in [1.807, 2.05) is 0 Å². The Morgan fingerprint density at radius 3 is 2.35 bits per heavy atom. The van der Waals surface area contributed by atoms with Crippen LogP contribution < -0.4 is 0 Å². The van der Waals surface area contributed by atoms with Gasteiger partial charge < -0.3 is 0 Å². The van der Waals surface area contributed by atoms with Crippen molar-refractivity contribution in [3.8, 4) is 0 Å². The Bertz CT molecular complexity index is 410. The summed E-state index contributed by atoms with van der Waals surface area (Å²) in [5.74, 6) is 4.04. The maximum Gasteiger partial charge on any atom is 0.103 e. The second-order valence-electron chi connectivity index (χ2n) is 8.88. The topological polar surface area (TPSA) is 0 Å². The lowest BCUT2D eigenvalue weighted by Gasteiger charge is -2.40. The van der Waals surface area contributed by atoms with E-state index < -0.39 is 6.17 Å². The molecule has 0 amide bonds. The molecule has 3 rings (SSSR count). The van der Waals surface area contributed by atoms with Crippen LogP contribution in [0, 0.1) is 35.5 Å². The zero-order valence-corrected chi connectivity index (χ0v) is 15.1.